The van der Waals surface area contributed by atoms with Gasteiger partial charge in [0.1, 0.15) is 11.7 Å². The average molecular weight is 259 g/mol. The molecule has 0 saturated heterocycles. The van der Waals surface area contributed by atoms with Gasteiger partial charge in [-0.15, -0.1) is 0 Å². The van der Waals surface area contributed by atoms with E-state index in [4.69, 9.17) is 0 Å². The van der Waals surface area contributed by atoms with E-state index in [1.165, 1.54) is 24.3 Å². The molecule has 1 aromatic carbocycles. The van der Waals surface area contributed by atoms with E-state index in [0.29, 0.717) is 11.5 Å². The zero-order chi connectivity index (χ0) is 13.8. The smallest absolute Gasteiger partial charge is 0.157 e. The van der Waals surface area contributed by atoms with Gasteiger partial charge in [0.2, 0.25) is 0 Å². The molecule has 1 saturated carbocycles. The van der Waals surface area contributed by atoms with Crippen LogP contribution in [0.5, 0.6) is 0 Å². The molecule has 0 bridgehead atoms. The van der Waals surface area contributed by atoms with Crippen LogP contribution in [0.15, 0.2) is 24.3 Å². The van der Waals surface area contributed by atoms with Gasteiger partial charge >= 0.3 is 0 Å². The Kier molecular flexibility index (Phi) is 4.31. The molecule has 1 fully saturated rings. The predicted octanol–water partition coefficient (Wildman–Crippen LogP) is 3.83. The van der Waals surface area contributed by atoms with Gasteiger partial charge in [0, 0.05) is 5.92 Å². The molecule has 0 spiro atoms. The Morgan fingerprint density at radius 2 is 1.84 bits per heavy atom. The summed E-state index contributed by atoms with van der Waals surface area (Å²) in [5.41, 5.74) is 0.604. The van der Waals surface area contributed by atoms with E-state index in [2.05, 4.69) is 13.0 Å². The van der Waals surface area contributed by atoms with Crippen molar-refractivity contribution in [3.05, 3.63) is 35.6 Å². The number of benzene rings is 1. The summed E-state index contributed by atoms with van der Waals surface area (Å²) in [7, 11) is 0. The minimum Gasteiger partial charge on any atom is -0.298 e. The highest BCUT2D eigenvalue weighted by molar-refractivity contribution is 5.90. The third kappa shape index (κ3) is 3.20. The van der Waals surface area contributed by atoms with Crippen molar-refractivity contribution < 1.29 is 9.18 Å². The maximum Gasteiger partial charge on any atom is 0.157 e. The molecule has 2 nitrogen and oxygen atoms in total. The van der Waals surface area contributed by atoms with Crippen molar-refractivity contribution in [1.82, 2.24) is 0 Å². The van der Waals surface area contributed by atoms with E-state index in [1.54, 1.807) is 0 Å². The predicted molar refractivity (Wildman–Crippen MR) is 70.9 cm³/mol. The van der Waals surface area contributed by atoms with Crippen LogP contribution in [0.1, 0.15) is 44.1 Å². The van der Waals surface area contributed by atoms with E-state index in [1.807, 2.05) is 0 Å². The van der Waals surface area contributed by atoms with Gasteiger partial charge < -0.3 is 0 Å². The summed E-state index contributed by atoms with van der Waals surface area (Å²) < 4.78 is 12.9. The van der Waals surface area contributed by atoms with Crippen molar-refractivity contribution in [2.45, 2.75) is 38.5 Å². The molecule has 0 aliphatic heterocycles. The Balaban J connectivity index is 2.11. The van der Waals surface area contributed by atoms with E-state index in [-0.39, 0.29) is 17.5 Å². The molecule has 0 radical (unpaired) electrons. The molecule has 0 aromatic heterocycles. The third-order valence-electron chi connectivity index (χ3n) is 4.04. The van der Waals surface area contributed by atoms with Crippen LogP contribution in [0.4, 0.5) is 4.39 Å². The Morgan fingerprint density at radius 1 is 1.26 bits per heavy atom. The molecule has 19 heavy (non-hydrogen) atoms. The molecule has 100 valence electrons. The molecule has 1 aliphatic rings. The van der Waals surface area contributed by atoms with Crippen LogP contribution < -0.4 is 0 Å². The van der Waals surface area contributed by atoms with Crippen LogP contribution in [0, 0.1) is 29.0 Å². The molecule has 1 atom stereocenters. The minimum atomic E-state index is -0.751. The summed E-state index contributed by atoms with van der Waals surface area (Å²) in [4.78, 5) is 12.4. The first kappa shape index (κ1) is 13.7. The lowest BCUT2D eigenvalue weighted by Gasteiger charge is -2.26. The average Bonchev–Trinajstić information content (AvgIpc) is 2.42. The van der Waals surface area contributed by atoms with Crippen LogP contribution in [-0.2, 0) is 4.79 Å². The van der Waals surface area contributed by atoms with Gasteiger partial charge in [-0.05, 0) is 36.5 Å². The second-order valence-electron chi connectivity index (χ2n) is 5.47. The third-order valence-corrected chi connectivity index (χ3v) is 4.04. The summed E-state index contributed by atoms with van der Waals surface area (Å²) in [5, 5.41) is 9.24. The maximum atomic E-state index is 12.9. The van der Waals surface area contributed by atoms with Gasteiger partial charge in [0.25, 0.3) is 0 Å². The van der Waals surface area contributed by atoms with Crippen molar-refractivity contribution in [3.63, 3.8) is 0 Å². The Hall–Kier alpha value is -1.69. The summed E-state index contributed by atoms with van der Waals surface area (Å²) in [6.07, 6.45) is 3.86. The Morgan fingerprint density at radius 3 is 2.37 bits per heavy atom. The van der Waals surface area contributed by atoms with Crippen molar-refractivity contribution in [3.8, 4) is 6.07 Å². The standard InChI is InChI=1S/C16H18FNO/c1-11-2-4-13(5-3-11)16(19)15(10-18)12-6-8-14(17)9-7-12/h6-9,11,13,15H,2-5H2,1H3. The minimum absolute atomic E-state index is 0.000933. The van der Waals surface area contributed by atoms with Crippen molar-refractivity contribution in [2.75, 3.05) is 0 Å². The van der Waals surface area contributed by atoms with Gasteiger partial charge in [-0.2, -0.15) is 5.26 Å². The van der Waals surface area contributed by atoms with E-state index in [0.717, 1.165) is 25.7 Å². The molecular formula is C16H18FNO. The highest BCUT2D eigenvalue weighted by atomic mass is 19.1. The first-order valence-corrected chi connectivity index (χ1v) is 6.80. The fourth-order valence-corrected chi connectivity index (χ4v) is 2.74. The highest BCUT2D eigenvalue weighted by Gasteiger charge is 2.30. The molecule has 0 amide bonds. The van der Waals surface area contributed by atoms with Crippen molar-refractivity contribution in [1.29, 1.82) is 5.26 Å². The van der Waals surface area contributed by atoms with Crippen molar-refractivity contribution in [2.24, 2.45) is 11.8 Å². The van der Waals surface area contributed by atoms with Gasteiger partial charge in [0.05, 0.1) is 6.07 Å². The first-order chi connectivity index (χ1) is 9.11. The Bertz CT molecular complexity index is 480. The number of hydrogen-bond donors (Lipinski definition) is 0. The zero-order valence-corrected chi connectivity index (χ0v) is 11.1. The van der Waals surface area contributed by atoms with Crippen molar-refractivity contribution >= 4 is 5.78 Å². The van der Waals surface area contributed by atoms with Gasteiger partial charge in [-0.3, -0.25) is 4.79 Å². The van der Waals surface area contributed by atoms with Crippen LogP contribution >= 0.6 is 0 Å². The van der Waals surface area contributed by atoms with Gasteiger partial charge in [0.15, 0.2) is 5.78 Å². The number of rotatable bonds is 3. The first-order valence-electron chi connectivity index (χ1n) is 6.80. The number of carbonyl (C=O) groups is 1. The van der Waals surface area contributed by atoms with Crippen LogP contribution in [0.25, 0.3) is 0 Å². The topological polar surface area (TPSA) is 40.9 Å². The van der Waals surface area contributed by atoms with Crippen LogP contribution in [0.2, 0.25) is 0 Å². The second-order valence-corrected chi connectivity index (χ2v) is 5.47. The number of nitrogens with zero attached hydrogens (tertiary/aromatic N) is 1. The SMILES string of the molecule is CC1CCC(C(=O)C(C#N)c2ccc(F)cc2)CC1. The molecule has 2 rings (SSSR count). The van der Waals surface area contributed by atoms with Gasteiger partial charge in [-0.25, -0.2) is 4.39 Å². The quantitative estimate of drug-likeness (QED) is 0.827. The number of nitriles is 1. The number of hydrogen-bond acceptors (Lipinski definition) is 2. The normalized spacial score (nSPS) is 24.5. The number of ketones is 1. The van der Waals surface area contributed by atoms with Crippen LogP contribution in [0.3, 0.4) is 0 Å². The lowest BCUT2D eigenvalue weighted by atomic mass is 9.77. The second kappa shape index (κ2) is 5.97. The lowest BCUT2D eigenvalue weighted by Crippen LogP contribution is -2.25. The number of halogens is 1. The summed E-state index contributed by atoms with van der Waals surface area (Å²) in [6.45, 7) is 2.20. The fraction of sp³-hybridized carbons (Fsp3) is 0.500. The molecule has 3 heteroatoms. The molecule has 1 aromatic rings. The summed E-state index contributed by atoms with van der Waals surface area (Å²) in [6, 6.07) is 7.75. The van der Waals surface area contributed by atoms with Crippen LogP contribution in [-0.4, -0.2) is 5.78 Å². The lowest BCUT2D eigenvalue weighted by molar-refractivity contribution is -0.124. The monoisotopic (exact) mass is 259 g/mol. The number of carbonyl (C=O) groups excluding carboxylic acids is 1. The molecular weight excluding hydrogens is 241 g/mol. The molecule has 0 heterocycles. The molecule has 1 aliphatic carbocycles. The zero-order valence-electron chi connectivity index (χ0n) is 11.1. The fourth-order valence-electron chi connectivity index (χ4n) is 2.74. The van der Waals surface area contributed by atoms with E-state index < -0.39 is 5.92 Å². The largest absolute Gasteiger partial charge is 0.298 e. The number of Topliss-reactive ketones (excluding diaryl/α,β-unsaturated/α-hetero) is 1. The van der Waals surface area contributed by atoms with Gasteiger partial charge in [-0.1, -0.05) is 31.9 Å². The Labute approximate surface area is 113 Å². The summed E-state index contributed by atoms with van der Waals surface area (Å²) >= 11 is 0. The maximum absolute atomic E-state index is 12.9. The highest BCUT2D eigenvalue weighted by Crippen LogP contribution is 2.32. The summed E-state index contributed by atoms with van der Waals surface area (Å²) in [5.74, 6) is -0.430. The van der Waals surface area contributed by atoms with E-state index in [9.17, 15) is 14.4 Å². The molecule has 0 N–H and O–H groups in total. The van der Waals surface area contributed by atoms with E-state index >= 15 is 0 Å². The molecule has 1 unspecified atom stereocenters.